The van der Waals surface area contributed by atoms with Gasteiger partial charge in [0.05, 0.1) is 5.56 Å². The monoisotopic (exact) mass is 310 g/mol. The molecule has 0 saturated heterocycles. The minimum Gasteiger partial charge on any atom is -0.507 e. The Balaban J connectivity index is 2.98. The van der Waals surface area contributed by atoms with Crippen LogP contribution in [-0.2, 0) is 4.79 Å². The van der Waals surface area contributed by atoms with E-state index in [0.29, 0.717) is 0 Å². The summed E-state index contributed by atoms with van der Waals surface area (Å²) in [6, 6.07) is 2.88. The molecule has 0 radical (unpaired) electrons. The Morgan fingerprint density at radius 1 is 1.32 bits per heavy atom. The number of carbonyl (C=O) groups is 2. The van der Waals surface area contributed by atoms with E-state index < -0.39 is 17.3 Å². The number of nitrogens with one attached hydrogen (secondary N) is 1. The summed E-state index contributed by atoms with van der Waals surface area (Å²) in [5.41, 5.74) is -0.568. The fraction of sp³-hybridized carbons (Fsp3) is 0.500. The van der Waals surface area contributed by atoms with Crippen molar-refractivity contribution in [2.45, 2.75) is 46.2 Å². The number of halogens is 1. The minimum atomic E-state index is -0.621. The number of aromatic hydroxyl groups is 1. The summed E-state index contributed by atoms with van der Waals surface area (Å²) in [6.07, 6.45) is 0. The Hall–Kier alpha value is -2.11. The fourth-order valence-corrected chi connectivity index (χ4v) is 1.94. The van der Waals surface area contributed by atoms with Gasteiger partial charge in [0.2, 0.25) is 5.91 Å². The normalized spacial score (nSPS) is 11.4. The predicted octanol–water partition coefficient (Wildman–Crippen LogP) is 2.30. The van der Waals surface area contributed by atoms with Gasteiger partial charge in [-0.3, -0.25) is 9.59 Å². The summed E-state index contributed by atoms with van der Waals surface area (Å²) in [7, 11) is 0. The largest absolute Gasteiger partial charge is 0.507 e. The minimum absolute atomic E-state index is 0.155. The molecule has 0 aliphatic heterocycles. The van der Waals surface area contributed by atoms with E-state index >= 15 is 0 Å². The van der Waals surface area contributed by atoms with Crippen LogP contribution in [0.5, 0.6) is 5.75 Å². The van der Waals surface area contributed by atoms with E-state index in [1.807, 2.05) is 20.8 Å². The Bertz CT molecular complexity index is 565. The van der Waals surface area contributed by atoms with E-state index in [-0.39, 0.29) is 29.8 Å². The van der Waals surface area contributed by atoms with Crippen molar-refractivity contribution in [2.24, 2.45) is 0 Å². The molecule has 22 heavy (non-hydrogen) atoms. The van der Waals surface area contributed by atoms with E-state index in [4.69, 9.17) is 0 Å². The van der Waals surface area contributed by atoms with Crippen LogP contribution in [0.25, 0.3) is 0 Å². The van der Waals surface area contributed by atoms with Crippen LogP contribution in [0, 0.1) is 5.82 Å². The zero-order valence-corrected chi connectivity index (χ0v) is 13.6. The predicted molar refractivity (Wildman–Crippen MR) is 82.1 cm³/mol. The first kappa shape index (κ1) is 17.9. The lowest BCUT2D eigenvalue weighted by Gasteiger charge is -2.28. The molecule has 0 fully saturated rings. The number of carbonyl (C=O) groups excluding carboxylic acids is 2. The SMILES string of the molecule is CC(C)N(CC(=O)NC(C)(C)C)C(=O)c1cc(F)ccc1O. The zero-order chi connectivity index (χ0) is 17.1. The summed E-state index contributed by atoms with van der Waals surface area (Å²) in [6.45, 7) is 8.85. The number of phenols is 1. The first-order chi connectivity index (χ1) is 10.0. The molecule has 1 aromatic rings. The number of nitrogens with zero attached hydrogens (tertiary/aromatic N) is 1. The molecule has 0 atom stereocenters. The third-order valence-corrected chi connectivity index (χ3v) is 2.90. The summed E-state index contributed by atoms with van der Waals surface area (Å²) in [4.78, 5) is 25.8. The number of rotatable bonds is 4. The first-order valence-electron chi connectivity index (χ1n) is 7.12. The van der Waals surface area contributed by atoms with Crippen LogP contribution in [0.15, 0.2) is 18.2 Å². The maximum atomic E-state index is 13.3. The molecule has 0 heterocycles. The summed E-state index contributed by atoms with van der Waals surface area (Å²) in [5, 5.41) is 12.5. The molecule has 2 amide bonds. The van der Waals surface area contributed by atoms with Gasteiger partial charge < -0.3 is 15.3 Å². The Kier molecular flexibility index (Phi) is 5.52. The molecule has 0 aliphatic carbocycles. The Morgan fingerprint density at radius 3 is 2.41 bits per heavy atom. The lowest BCUT2D eigenvalue weighted by Crippen LogP contribution is -2.49. The topological polar surface area (TPSA) is 69.6 Å². The fourth-order valence-electron chi connectivity index (χ4n) is 1.94. The van der Waals surface area contributed by atoms with Crippen LogP contribution in [0.3, 0.4) is 0 Å². The van der Waals surface area contributed by atoms with Crippen molar-refractivity contribution in [1.29, 1.82) is 0 Å². The third kappa shape index (κ3) is 5.02. The van der Waals surface area contributed by atoms with Gasteiger partial charge in [0.15, 0.2) is 0 Å². The highest BCUT2D eigenvalue weighted by atomic mass is 19.1. The van der Waals surface area contributed by atoms with Crippen LogP contribution >= 0.6 is 0 Å². The molecule has 0 spiro atoms. The first-order valence-corrected chi connectivity index (χ1v) is 7.12. The van der Waals surface area contributed by atoms with E-state index in [1.165, 1.54) is 4.90 Å². The Labute approximate surface area is 130 Å². The van der Waals surface area contributed by atoms with Crippen LogP contribution < -0.4 is 5.32 Å². The molecule has 6 heteroatoms. The number of amides is 2. The van der Waals surface area contributed by atoms with Crippen molar-refractivity contribution in [3.05, 3.63) is 29.6 Å². The van der Waals surface area contributed by atoms with E-state index in [1.54, 1.807) is 13.8 Å². The van der Waals surface area contributed by atoms with Crippen molar-refractivity contribution in [2.75, 3.05) is 6.54 Å². The summed E-state index contributed by atoms with van der Waals surface area (Å²) < 4.78 is 13.3. The molecular formula is C16H23FN2O3. The molecule has 0 unspecified atom stereocenters. The zero-order valence-electron chi connectivity index (χ0n) is 13.6. The van der Waals surface area contributed by atoms with Crippen LogP contribution in [-0.4, -0.2) is 39.9 Å². The van der Waals surface area contributed by atoms with Crippen molar-refractivity contribution in [3.8, 4) is 5.75 Å². The maximum Gasteiger partial charge on any atom is 0.258 e. The van der Waals surface area contributed by atoms with Gasteiger partial charge in [-0.2, -0.15) is 0 Å². The van der Waals surface area contributed by atoms with Crippen molar-refractivity contribution >= 4 is 11.8 Å². The highest BCUT2D eigenvalue weighted by Crippen LogP contribution is 2.20. The lowest BCUT2D eigenvalue weighted by atomic mass is 10.1. The van der Waals surface area contributed by atoms with Gasteiger partial charge in [-0.15, -0.1) is 0 Å². The van der Waals surface area contributed by atoms with Crippen LogP contribution in [0.4, 0.5) is 4.39 Å². The quantitative estimate of drug-likeness (QED) is 0.896. The average molecular weight is 310 g/mol. The number of benzene rings is 1. The molecule has 122 valence electrons. The van der Waals surface area contributed by atoms with Gasteiger partial charge >= 0.3 is 0 Å². The maximum absolute atomic E-state index is 13.3. The molecular weight excluding hydrogens is 287 g/mol. The smallest absolute Gasteiger partial charge is 0.258 e. The molecule has 5 nitrogen and oxygen atoms in total. The second-order valence-corrected chi connectivity index (χ2v) is 6.49. The molecule has 2 N–H and O–H groups in total. The highest BCUT2D eigenvalue weighted by molar-refractivity contribution is 5.99. The van der Waals surface area contributed by atoms with E-state index in [0.717, 1.165) is 18.2 Å². The molecule has 0 bridgehead atoms. The van der Waals surface area contributed by atoms with Crippen molar-refractivity contribution < 1.29 is 19.1 Å². The standard InChI is InChI=1S/C16H23FN2O3/c1-10(2)19(9-14(21)18-16(3,4)5)15(22)12-8-11(17)6-7-13(12)20/h6-8,10,20H,9H2,1-5H3,(H,18,21). The second kappa shape index (κ2) is 6.77. The molecule has 0 aromatic heterocycles. The van der Waals surface area contributed by atoms with Gasteiger partial charge in [0.1, 0.15) is 18.1 Å². The number of phenolic OH excluding ortho intramolecular Hbond substituents is 1. The van der Waals surface area contributed by atoms with E-state index in [9.17, 15) is 19.1 Å². The molecule has 0 saturated carbocycles. The van der Waals surface area contributed by atoms with Gasteiger partial charge in [-0.05, 0) is 52.8 Å². The lowest BCUT2D eigenvalue weighted by molar-refractivity contribution is -0.123. The third-order valence-electron chi connectivity index (χ3n) is 2.90. The highest BCUT2D eigenvalue weighted by Gasteiger charge is 2.25. The molecule has 1 aromatic carbocycles. The van der Waals surface area contributed by atoms with Crippen molar-refractivity contribution in [1.82, 2.24) is 10.2 Å². The van der Waals surface area contributed by atoms with Gasteiger partial charge in [-0.25, -0.2) is 4.39 Å². The summed E-state index contributed by atoms with van der Waals surface area (Å²) >= 11 is 0. The van der Waals surface area contributed by atoms with Crippen LogP contribution in [0.2, 0.25) is 0 Å². The number of hydrogen-bond acceptors (Lipinski definition) is 3. The second-order valence-electron chi connectivity index (χ2n) is 6.49. The van der Waals surface area contributed by atoms with Gasteiger partial charge in [0, 0.05) is 11.6 Å². The summed E-state index contributed by atoms with van der Waals surface area (Å²) in [5.74, 6) is -1.83. The van der Waals surface area contributed by atoms with Crippen LogP contribution in [0.1, 0.15) is 45.0 Å². The van der Waals surface area contributed by atoms with E-state index in [2.05, 4.69) is 5.32 Å². The number of hydrogen-bond donors (Lipinski definition) is 2. The van der Waals surface area contributed by atoms with Gasteiger partial charge in [-0.1, -0.05) is 0 Å². The van der Waals surface area contributed by atoms with Gasteiger partial charge in [0.25, 0.3) is 5.91 Å². The van der Waals surface area contributed by atoms with Crippen molar-refractivity contribution in [3.63, 3.8) is 0 Å². The molecule has 1 rings (SSSR count). The Morgan fingerprint density at radius 2 is 1.91 bits per heavy atom. The average Bonchev–Trinajstić information content (AvgIpc) is 2.35. The molecule has 0 aliphatic rings.